The molecule has 0 spiro atoms. The van der Waals surface area contributed by atoms with Crippen LogP contribution in [0.2, 0.25) is 0 Å². The minimum atomic E-state index is -0.403. The lowest BCUT2D eigenvalue weighted by molar-refractivity contribution is -0.115. The van der Waals surface area contributed by atoms with Gasteiger partial charge in [0.25, 0.3) is 11.8 Å². The van der Waals surface area contributed by atoms with Crippen molar-refractivity contribution in [3.63, 3.8) is 0 Å². The van der Waals surface area contributed by atoms with Crippen molar-refractivity contribution < 1.29 is 14.0 Å². The summed E-state index contributed by atoms with van der Waals surface area (Å²) in [4.78, 5) is 24.6. The predicted octanol–water partition coefficient (Wildman–Crippen LogP) is 5.16. The zero-order chi connectivity index (χ0) is 20.4. The van der Waals surface area contributed by atoms with E-state index >= 15 is 0 Å². The minimum absolute atomic E-state index is 0.126. The first-order valence-electron chi connectivity index (χ1n) is 9.85. The molecule has 0 saturated carbocycles. The lowest BCUT2D eigenvalue weighted by Gasteiger charge is -2.25. The van der Waals surface area contributed by atoms with Crippen molar-refractivity contribution in [1.82, 2.24) is 0 Å². The van der Waals surface area contributed by atoms with Crippen molar-refractivity contribution in [2.45, 2.75) is 45.1 Å². The second-order valence-electron chi connectivity index (χ2n) is 7.52. The van der Waals surface area contributed by atoms with Crippen LogP contribution in [0.4, 0.5) is 10.1 Å². The van der Waals surface area contributed by atoms with Gasteiger partial charge in [-0.2, -0.15) is 5.11 Å². The van der Waals surface area contributed by atoms with Gasteiger partial charge in [-0.1, -0.05) is 18.2 Å². The Balaban J connectivity index is 1.51. The van der Waals surface area contributed by atoms with Crippen LogP contribution in [0.25, 0.3) is 0 Å². The van der Waals surface area contributed by atoms with Crippen molar-refractivity contribution in [1.29, 1.82) is 0 Å². The Morgan fingerprint density at radius 3 is 2.83 bits per heavy atom. The molecular weight excluding hydrogens is 369 g/mol. The van der Waals surface area contributed by atoms with Crippen LogP contribution in [0.15, 0.2) is 63.8 Å². The fourth-order valence-corrected chi connectivity index (χ4v) is 4.01. The van der Waals surface area contributed by atoms with Crippen LogP contribution in [0.3, 0.4) is 0 Å². The average Bonchev–Trinajstić information content (AvgIpc) is 2.72. The fourth-order valence-electron chi connectivity index (χ4n) is 4.01. The number of benzene rings is 2. The van der Waals surface area contributed by atoms with Crippen molar-refractivity contribution in [2.75, 3.05) is 5.32 Å². The molecule has 0 saturated heterocycles. The highest BCUT2D eigenvalue weighted by molar-refractivity contribution is 6.05. The van der Waals surface area contributed by atoms with E-state index in [1.165, 1.54) is 12.1 Å². The summed E-state index contributed by atoms with van der Waals surface area (Å²) in [5.74, 6) is -0.943. The van der Waals surface area contributed by atoms with Crippen LogP contribution in [-0.2, 0) is 11.2 Å². The Bertz CT molecular complexity index is 1040. The smallest absolute Gasteiger partial charge is 0.291 e. The van der Waals surface area contributed by atoms with E-state index in [1.54, 1.807) is 19.1 Å². The molecule has 1 atom stereocenters. The van der Waals surface area contributed by atoms with Crippen molar-refractivity contribution >= 4 is 17.5 Å². The van der Waals surface area contributed by atoms with E-state index in [2.05, 4.69) is 15.5 Å². The SMILES string of the molecule is Cc1c(F)cccc1C(=O)Nc1cccc(CC2N=NC(=O)C3=C2CCCC3)c1. The van der Waals surface area contributed by atoms with Gasteiger partial charge in [0, 0.05) is 23.2 Å². The zero-order valence-electron chi connectivity index (χ0n) is 16.2. The van der Waals surface area contributed by atoms with Crippen LogP contribution in [0.1, 0.15) is 47.2 Å². The molecular formula is C23H22FN3O2. The highest BCUT2D eigenvalue weighted by Gasteiger charge is 2.28. The van der Waals surface area contributed by atoms with Gasteiger partial charge < -0.3 is 5.32 Å². The number of amides is 2. The molecule has 2 aliphatic rings. The summed E-state index contributed by atoms with van der Waals surface area (Å²) in [5.41, 5.74) is 4.22. The van der Waals surface area contributed by atoms with Crippen LogP contribution < -0.4 is 5.32 Å². The third-order valence-corrected chi connectivity index (χ3v) is 5.59. The van der Waals surface area contributed by atoms with E-state index in [4.69, 9.17) is 0 Å². The normalized spacial score (nSPS) is 18.6. The van der Waals surface area contributed by atoms with E-state index in [1.807, 2.05) is 18.2 Å². The number of carbonyl (C=O) groups is 2. The summed E-state index contributed by atoms with van der Waals surface area (Å²) in [6, 6.07) is 11.9. The van der Waals surface area contributed by atoms with Gasteiger partial charge in [-0.15, -0.1) is 5.11 Å². The van der Waals surface area contributed by atoms with E-state index in [9.17, 15) is 14.0 Å². The largest absolute Gasteiger partial charge is 0.322 e. The molecule has 5 nitrogen and oxygen atoms in total. The van der Waals surface area contributed by atoms with Gasteiger partial charge in [-0.05, 0) is 73.6 Å². The Morgan fingerprint density at radius 1 is 1.17 bits per heavy atom. The molecule has 2 aromatic rings. The van der Waals surface area contributed by atoms with Gasteiger partial charge in [0.05, 0.1) is 6.04 Å². The highest BCUT2D eigenvalue weighted by atomic mass is 19.1. The van der Waals surface area contributed by atoms with E-state index in [0.29, 0.717) is 23.2 Å². The van der Waals surface area contributed by atoms with Gasteiger partial charge >= 0.3 is 0 Å². The second kappa shape index (κ2) is 8.07. The number of carbonyl (C=O) groups excluding carboxylic acids is 2. The summed E-state index contributed by atoms with van der Waals surface area (Å²) < 4.78 is 13.7. The van der Waals surface area contributed by atoms with Crippen molar-refractivity contribution in [3.05, 3.63) is 76.1 Å². The average molecular weight is 391 g/mol. The van der Waals surface area contributed by atoms with Gasteiger partial charge in [-0.3, -0.25) is 9.59 Å². The Kier molecular flexibility index (Phi) is 5.34. The molecule has 4 rings (SSSR count). The van der Waals surface area contributed by atoms with Crippen LogP contribution in [0, 0.1) is 12.7 Å². The monoisotopic (exact) mass is 391 g/mol. The molecule has 1 aliphatic heterocycles. The Hall–Kier alpha value is -3.15. The predicted molar refractivity (Wildman–Crippen MR) is 108 cm³/mol. The van der Waals surface area contributed by atoms with Crippen LogP contribution >= 0.6 is 0 Å². The fraction of sp³-hybridized carbons (Fsp3) is 0.304. The molecule has 6 heteroatoms. The lowest BCUT2D eigenvalue weighted by Crippen LogP contribution is -2.23. The summed E-state index contributed by atoms with van der Waals surface area (Å²) in [5, 5.41) is 10.9. The maximum absolute atomic E-state index is 13.7. The van der Waals surface area contributed by atoms with E-state index < -0.39 is 5.82 Å². The highest BCUT2D eigenvalue weighted by Crippen LogP contribution is 2.33. The summed E-state index contributed by atoms with van der Waals surface area (Å²) in [6.07, 6.45) is 4.39. The summed E-state index contributed by atoms with van der Waals surface area (Å²) in [6.45, 7) is 1.59. The number of halogens is 1. The third-order valence-electron chi connectivity index (χ3n) is 5.59. The van der Waals surface area contributed by atoms with Crippen molar-refractivity contribution in [3.8, 4) is 0 Å². The second-order valence-corrected chi connectivity index (χ2v) is 7.52. The maximum atomic E-state index is 13.7. The van der Waals surface area contributed by atoms with Gasteiger partial charge in [0.2, 0.25) is 0 Å². The summed E-state index contributed by atoms with van der Waals surface area (Å²) >= 11 is 0. The standard InChI is InChI=1S/C23H22FN3O2/c1-14-17(10-5-11-20(14)24)22(28)25-16-7-4-6-15(12-16)13-21-18-8-2-3-9-19(18)23(29)27-26-21/h4-7,10-12,21H,2-3,8-9,13H2,1H3,(H,25,28). The topological polar surface area (TPSA) is 70.9 Å². The summed E-state index contributed by atoms with van der Waals surface area (Å²) in [7, 11) is 0. The zero-order valence-corrected chi connectivity index (χ0v) is 16.2. The number of anilines is 1. The number of hydrogen-bond acceptors (Lipinski definition) is 3. The van der Waals surface area contributed by atoms with E-state index in [0.717, 1.165) is 42.4 Å². The van der Waals surface area contributed by atoms with Crippen LogP contribution in [0.5, 0.6) is 0 Å². The Morgan fingerprint density at radius 2 is 1.97 bits per heavy atom. The number of nitrogens with one attached hydrogen (secondary N) is 1. The Labute approximate surface area is 168 Å². The van der Waals surface area contributed by atoms with Gasteiger partial charge in [0.1, 0.15) is 5.82 Å². The molecule has 1 N–H and O–H groups in total. The molecule has 0 aromatic heterocycles. The van der Waals surface area contributed by atoms with Crippen LogP contribution in [-0.4, -0.2) is 17.9 Å². The molecule has 1 heterocycles. The maximum Gasteiger partial charge on any atom is 0.291 e. The number of azo groups is 1. The third kappa shape index (κ3) is 4.01. The lowest BCUT2D eigenvalue weighted by atomic mass is 9.84. The molecule has 29 heavy (non-hydrogen) atoms. The van der Waals surface area contributed by atoms with Crippen molar-refractivity contribution in [2.24, 2.45) is 10.2 Å². The van der Waals surface area contributed by atoms with Gasteiger partial charge in [0.15, 0.2) is 0 Å². The molecule has 0 bridgehead atoms. The molecule has 1 unspecified atom stereocenters. The quantitative estimate of drug-likeness (QED) is 0.782. The van der Waals surface area contributed by atoms with Gasteiger partial charge in [-0.25, -0.2) is 4.39 Å². The first-order valence-corrected chi connectivity index (χ1v) is 9.85. The molecule has 1 aliphatic carbocycles. The minimum Gasteiger partial charge on any atom is -0.322 e. The number of hydrogen-bond donors (Lipinski definition) is 1. The van der Waals surface area contributed by atoms with E-state index in [-0.39, 0.29) is 17.9 Å². The molecule has 2 aromatic carbocycles. The first-order chi connectivity index (χ1) is 14.0. The molecule has 148 valence electrons. The molecule has 0 radical (unpaired) electrons. The first kappa shape index (κ1) is 19.2. The molecule has 0 fully saturated rings. The molecule has 2 amide bonds. The number of rotatable bonds is 4. The number of nitrogens with zero attached hydrogens (tertiary/aromatic N) is 2.